The predicted molar refractivity (Wildman–Crippen MR) is 171 cm³/mol. The third kappa shape index (κ3) is 6.67. The van der Waals surface area contributed by atoms with Crippen LogP contribution in [0.5, 0.6) is 0 Å². The quantitative estimate of drug-likeness (QED) is 0.240. The number of rotatable bonds is 7. The summed E-state index contributed by atoms with van der Waals surface area (Å²) in [5.74, 6) is -0.140. The number of fused-ring (bicyclic) bond motifs is 1. The SMILES string of the molecule is Cc1cccc(CN2C(=O)C(=Cc3ccccc3)Sc3ccc(C(=O)NC4CCN(Cc5ccccc5)CC4)cc32)c1. The molecular weight excluding hydrogens is 538 g/mol. The fourth-order valence-corrected chi connectivity index (χ4v) is 6.69. The van der Waals surface area contributed by atoms with Crippen LogP contribution < -0.4 is 10.2 Å². The van der Waals surface area contributed by atoms with Crippen molar-refractivity contribution in [3.63, 3.8) is 0 Å². The average molecular weight is 574 g/mol. The van der Waals surface area contributed by atoms with Crippen LogP contribution in [0.1, 0.15) is 45.5 Å². The number of anilines is 1. The van der Waals surface area contributed by atoms with Crippen LogP contribution in [0.2, 0.25) is 0 Å². The van der Waals surface area contributed by atoms with Crippen LogP contribution in [-0.4, -0.2) is 35.8 Å². The van der Waals surface area contributed by atoms with Crippen LogP contribution in [-0.2, 0) is 17.9 Å². The second kappa shape index (κ2) is 12.8. The first kappa shape index (κ1) is 28.0. The van der Waals surface area contributed by atoms with Gasteiger partial charge in [0.15, 0.2) is 0 Å². The van der Waals surface area contributed by atoms with Gasteiger partial charge in [-0.2, -0.15) is 0 Å². The topological polar surface area (TPSA) is 52.7 Å². The summed E-state index contributed by atoms with van der Waals surface area (Å²) in [4.78, 5) is 33.2. The van der Waals surface area contributed by atoms with E-state index in [0.717, 1.165) is 59.7 Å². The lowest BCUT2D eigenvalue weighted by atomic mass is 10.0. The molecule has 6 rings (SSSR count). The number of carbonyl (C=O) groups excluding carboxylic acids is 2. The van der Waals surface area contributed by atoms with Gasteiger partial charge < -0.3 is 10.2 Å². The highest BCUT2D eigenvalue weighted by atomic mass is 32.2. The molecule has 0 saturated carbocycles. The van der Waals surface area contributed by atoms with Crippen molar-refractivity contribution in [2.45, 2.75) is 43.8 Å². The zero-order valence-electron chi connectivity index (χ0n) is 23.8. The zero-order chi connectivity index (χ0) is 28.9. The lowest BCUT2D eigenvalue weighted by Gasteiger charge is -2.33. The van der Waals surface area contributed by atoms with Crippen molar-refractivity contribution < 1.29 is 9.59 Å². The van der Waals surface area contributed by atoms with Gasteiger partial charge in [0.2, 0.25) is 0 Å². The first-order valence-electron chi connectivity index (χ1n) is 14.5. The third-order valence-electron chi connectivity index (χ3n) is 7.88. The summed E-state index contributed by atoms with van der Waals surface area (Å²) in [6, 6.07) is 34.6. The maximum atomic E-state index is 13.9. The van der Waals surface area contributed by atoms with Gasteiger partial charge in [-0.15, -0.1) is 0 Å². The number of benzene rings is 4. The van der Waals surface area contributed by atoms with Gasteiger partial charge in [-0.25, -0.2) is 0 Å². The summed E-state index contributed by atoms with van der Waals surface area (Å²) in [6.07, 6.45) is 3.79. The minimum Gasteiger partial charge on any atom is -0.349 e. The highest BCUT2D eigenvalue weighted by Crippen LogP contribution is 2.43. The molecule has 1 saturated heterocycles. The summed E-state index contributed by atoms with van der Waals surface area (Å²) in [7, 11) is 0. The Kier molecular flexibility index (Phi) is 8.54. The van der Waals surface area contributed by atoms with Gasteiger partial charge in [0.05, 0.1) is 17.1 Å². The lowest BCUT2D eigenvalue weighted by molar-refractivity contribution is -0.114. The van der Waals surface area contributed by atoms with E-state index in [1.807, 2.05) is 77.7 Å². The molecule has 2 heterocycles. The maximum absolute atomic E-state index is 13.9. The molecule has 0 aliphatic carbocycles. The van der Waals surface area contributed by atoms with Crippen molar-refractivity contribution in [2.24, 2.45) is 0 Å². The number of piperidine rings is 1. The Bertz CT molecular complexity index is 1590. The summed E-state index contributed by atoms with van der Waals surface area (Å²) in [5.41, 5.74) is 5.86. The molecule has 4 aromatic carbocycles. The number of amides is 2. The predicted octanol–water partition coefficient (Wildman–Crippen LogP) is 7.07. The molecule has 0 unspecified atom stereocenters. The van der Waals surface area contributed by atoms with E-state index >= 15 is 0 Å². The summed E-state index contributed by atoms with van der Waals surface area (Å²) in [5, 5.41) is 3.26. The molecule has 0 atom stereocenters. The Balaban J connectivity index is 1.19. The minimum atomic E-state index is -0.0853. The van der Waals surface area contributed by atoms with E-state index in [0.29, 0.717) is 17.0 Å². The first-order chi connectivity index (χ1) is 20.5. The fraction of sp³-hybridized carbons (Fsp3) is 0.222. The smallest absolute Gasteiger partial charge is 0.265 e. The molecule has 1 fully saturated rings. The molecule has 4 aromatic rings. The second-order valence-corrected chi connectivity index (χ2v) is 12.2. The van der Waals surface area contributed by atoms with E-state index in [9.17, 15) is 9.59 Å². The summed E-state index contributed by atoms with van der Waals surface area (Å²) < 4.78 is 0. The number of carbonyl (C=O) groups is 2. The van der Waals surface area contributed by atoms with E-state index in [1.54, 1.807) is 0 Å². The molecule has 42 heavy (non-hydrogen) atoms. The Morgan fingerprint density at radius 1 is 0.857 bits per heavy atom. The summed E-state index contributed by atoms with van der Waals surface area (Å²) in [6.45, 7) is 5.34. The molecule has 2 amide bonds. The molecular formula is C36H35N3O2S. The fourth-order valence-electron chi connectivity index (χ4n) is 5.65. The molecule has 0 radical (unpaired) electrons. The molecule has 0 bridgehead atoms. The molecule has 0 aromatic heterocycles. The highest BCUT2D eigenvalue weighted by molar-refractivity contribution is 8.04. The van der Waals surface area contributed by atoms with Crippen molar-refractivity contribution in [1.82, 2.24) is 10.2 Å². The number of nitrogens with one attached hydrogen (secondary N) is 1. The van der Waals surface area contributed by atoms with Gasteiger partial charge in [0.25, 0.3) is 11.8 Å². The van der Waals surface area contributed by atoms with Crippen LogP contribution in [0.25, 0.3) is 6.08 Å². The van der Waals surface area contributed by atoms with Gasteiger partial charge in [0.1, 0.15) is 0 Å². The van der Waals surface area contributed by atoms with Crippen molar-refractivity contribution in [3.8, 4) is 0 Å². The summed E-state index contributed by atoms with van der Waals surface area (Å²) >= 11 is 1.47. The third-order valence-corrected chi connectivity index (χ3v) is 8.96. The second-order valence-electron chi connectivity index (χ2n) is 11.1. The van der Waals surface area contributed by atoms with E-state index in [2.05, 4.69) is 53.5 Å². The Labute approximate surface area is 252 Å². The van der Waals surface area contributed by atoms with Crippen LogP contribution in [0.4, 0.5) is 5.69 Å². The molecule has 6 heteroatoms. The van der Waals surface area contributed by atoms with E-state index < -0.39 is 0 Å². The number of hydrogen-bond donors (Lipinski definition) is 1. The molecule has 212 valence electrons. The normalized spacial score (nSPS) is 16.8. The number of likely N-dealkylation sites (tertiary alicyclic amines) is 1. The average Bonchev–Trinajstić information content (AvgIpc) is 3.01. The zero-order valence-corrected chi connectivity index (χ0v) is 24.6. The molecule has 2 aliphatic heterocycles. The van der Waals surface area contributed by atoms with E-state index in [1.165, 1.54) is 17.3 Å². The van der Waals surface area contributed by atoms with Gasteiger partial charge >= 0.3 is 0 Å². The number of hydrogen-bond acceptors (Lipinski definition) is 4. The van der Waals surface area contributed by atoms with Crippen LogP contribution >= 0.6 is 11.8 Å². The largest absolute Gasteiger partial charge is 0.349 e. The molecule has 1 N–H and O–H groups in total. The van der Waals surface area contributed by atoms with E-state index in [-0.39, 0.29) is 17.9 Å². The Morgan fingerprint density at radius 3 is 2.31 bits per heavy atom. The maximum Gasteiger partial charge on any atom is 0.265 e. The van der Waals surface area contributed by atoms with Gasteiger partial charge in [-0.05, 0) is 60.7 Å². The highest BCUT2D eigenvalue weighted by Gasteiger charge is 2.31. The van der Waals surface area contributed by atoms with Crippen LogP contribution in [0.3, 0.4) is 0 Å². The van der Waals surface area contributed by atoms with Crippen LogP contribution in [0, 0.1) is 6.92 Å². The van der Waals surface area contributed by atoms with Gasteiger partial charge in [0, 0.05) is 36.1 Å². The molecule has 2 aliphatic rings. The van der Waals surface area contributed by atoms with Crippen molar-refractivity contribution in [1.29, 1.82) is 0 Å². The Hall–Kier alpha value is -4.13. The van der Waals surface area contributed by atoms with Gasteiger partial charge in [-0.1, -0.05) is 102 Å². The number of aryl methyl sites for hydroxylation is 1. The van der Waals surface area contributed by atoms with Gasteiger partial charge in [-0.3, -0.25) is 14.5 Å². The number of thioether (sulfide) groups is 1. The first-order valence-corrected chi connectivity index (χ1v) is 15.4. The number of nitrogens with zero attached hydrogens (tertiary/aromatic N) is 2. The van der Waals surface area contributed by atoms with Crippen molar-refractivity contribution in [3.05, 3.63) is 136 Å². The molecule has 0 spiro atoms. The monoisotopic (exact) mass is 573 g/mol. The van der Waals surface area contributed by atoms with Crippen molar-refractivity contribution in [2.75, 3.05) is 18.0 Å². The standard InChI is InChI=1S/C36H35N3O2S/c1-26-9-8-14-29(21-26)25-39-32-23-30(15-16-33(32)42-34(36(39)41)22-27-10-4-2-5-11-27)35(40)37-31-17-19-38(20-18-31)24-28-12-6-3-7-13-28/h2-16,21-23,31H,17-20,24-25H2,1H3,(H,37,40). The molecule has 5 nitrogen and oxygen atoms in total. The van der Waals surface area contributed by atoms with E-state index in [4.69, 9.17) is 0 Å². The lowest BCUT2D eigenvalue weighted by Crippen LogP contribution is -2.44. The van der Waals surface area contributed by atoms with Crippen LogP contribution in [0.15, 0.2) is 113 Å². The Morgan fingerprint density at radius 2 is 1.57 bits per heavy atom. The van der Waals surface area contributed by atoms with Crippen molar-refractivity contribution >= 4 is 35.3 Å². The minimum absolute atomic E-state index is 0.0544.